The van der Waals surface area contributed by atoms with E-state index < -0.39 is 10.0 Å². The summed E-state index contributed by atoms with van der Waals surface area (Å²) >= 11 is 3.20. The fraction of sp³-hybridized carbons (Fsp3) is 0.444. The second kappa shape index (κ2) is 5.49. The Morgan fingerprint density at radius 2 is 2.11 bits per heavy atom. The Hall–Kier alpha value is -0.740. The Kier molecular flexibility index (Phi) is 4.17. The molecule has 3 N–H and O–H groups in total. The van der Waals surface area contributed by atoms with Crippen molar-refractivity contribution in [3.05, 3.63) is 16.7 Å². The molecule has 1 aromatic heterocycles. The summed E-state index contributed by atoms with van der Waals surface area (Å²) in [5, 5.41) is 0. The van der Waals surface area contributed by atoms with Crippen LogP contribution in [-0.2, 0) is 14.8 Å². The van der Waals surface area contributed by atoms with Gasteiger partial charge in [-0.05, 0) is 22.0 Å². The van der Waals surface area contributed by atoms with Gasteiger partial charge >= 0.3 is 0 Å². The van der Waals surface area contributed by atoms with E-state index >= 15 is 0 Å². The van der Waals surface area contributed by atoms with Gasteiger partial charge in [-0.2, -0.15) is 4.31 Å². The van der Waals surface area contributed by atoms with Gasteiger partial charge in [-0.25, -0.2) is 19.2 Å². The van der Waals surface area contributed by atoms with Gasteiger partial charge in [0.1, 0.15) is 4.90 Å². The quantitative estimate of drug-likeness (QED) is 0.602. The second-order valence-corrected chi connectivity index (χ2v) is 6.48. The number of nitrogens with two attached hydrogens (primary N) is 1. The molecule has 0 saturated carbocycles. The van der Waals surface area contributed by atoms with Gasteiger partial charge in [0.2, 0.25) is 10.0 Å². The lowest BCUT2D eigenvalue weighted by atomic mass is 10.5. The molecule has 1 fully saturated rings. The summed E-state index contributed by atoms with van der Waals surface area (Å²) in [6.45, 7) is 1.45. The Morgan fingerprint density at radius 3 is 2.72 bits per heavy atom. The molecule has 18 heavy (non-hydrogen) atoms. The highest BCUT2D eigenvalue weighted by molar-refractivity contribution is 9.10. The van der Waals surface area contributed by atoms with Crippen LogP contribution in [0.4, 0.5) is 5.82 Å². The first-order chi connectivity index (χ1) is 8.55. The van der Waals surface area contributed by atoms with Gasteiger partial charge in [0.05, 0.1) is 13.2 Å². The van der Waals surface area contributed by atoms with Crippen LogP contribution in [0.25, 0.3) is 0 Å². The third-order valence-corrected chi connectivity index (χ3v) is 4.89. The molecular weight excluding hydrogens is 324 g/mol. The van der Waals surface area contributed by atoms with E-state index in [2.05, 4.69) is 26.3 Å². The molecule has 1 aromatic rings. The maximum Gasteiger partial charge on any atom is 0.246 e. The summed E-state index contributed by atoms with van der Waals surface area (Å²) in [5.74, 6) is 5.42. The van der Waals surface area contributed by atoms with Crippen LogP contribution in [-0.4, -0.2) is 44.0 Å². The van der Waals surface area contributed by atoms with Crippen LogP contribution in [0.2, 0.25) is 0 Å². The van der Waals surface area contributed by atoms with Crippen molar-refractivity contribution in [2.45, 2.75) is 4.90 Å². The molecule has 0 unspecified atom stereocenters. The van der Waals surface area contributed by atoms with Crippen LogP contribution in [0.1, 0.15) is 0 Å². The number of hydrogen-bond acceptors (Lipinski definition) is 6. The zero-order valence-corrected chi connectivity index (χ0v) is 11.9. The number of pyridine rings is 1. The van der Waals surface area contributed by atoms with E-state index in [4.69, 9.17) is 10.6 Å². The molecule has 0 radical (unpaired) electrons. The average Bonchev–Trinajstić information content (AvgIpc) is 2.39. The average molecular weight is 337 g/mol. The Balaban J connectivity index is 2.42. The van der Waals surface area contributed by atoms with Gasteiger partial charge in [-0.1, -0.05) is 0 Å². The van der Waals surface area contributed by atoms with Gasteiger partial charge in [0, 0.05) is 23.8 Å². The topological polar surface area (TPSA) is 97.5 Å². The predicted octanol–water partition coefficient (Wildman–Crippen LogP) is 0.151. The van der Waals surface area contributed by atoms with Gasteiger partial charge in [0.15, 0.2) is 5.82 Å². The fourth-order valence-electron chi connectivity index (χ4n) is 1.65. The van der Waals surface area contributed by atoms with Crippen LogP contribution in [0.5, 0.6) is 0 Å². The highest BCUT2D eigenvalue weighted by Crippen LogP contribution is 2.25. The number of nitrogens with zero attached hydrogens (tertiary/aromatic N) is 2. The van der Waals surface area contributed by atoms with Gasteiger partial charge in [0.25, 0.3) is 0 Å². The summed E-state index contributed by atoms with van der Waals surface area (Å²) in [5.41, 5.74) is 2.30. The van der Waals surface area contributed by atoms with E-state index in [1.807, 2.05) is 0 Å². The molecule has 9 heteroatoms. The predicted molar refractivity (Wildman–Crippen MR) is 69.3 cm³/mol. The number of sulfonamides is 1. The minimum absolute atomic E-state index is 0.0567. The monoisotopic (exact) mass is 336 g/mol. The number of hydrazine groups is 1. The van der Waals surface area contributed by atoms with E-state index in [1.165, 1.54) is 16.6 Å². The van der Waals surface area contributed by atoms with Crippen molar-refractivity contribution in [1.82, 2.24) is 9.29 Å². The highest BCUT2D eigenvalue weighted by atomic mass is 79.9. The van der Waals surface area contributed by atoms with E-state index in [1.54, 1.807) is 0 Å². The molecule has 100 valence electrons. The summed E-state index contributed by atoms with van der Waals surface area (Å²) in [6.07, 6.45) is 1.48. The van der Waals surface area contributed by atoms with E-state index in [-0.39, 0.29) is 10.7 Å². The summed E-state index contributed by atoms with van der Waals surface area (Å²) < 4.78 is 31.9. The lowest BCUT2D eigenvalue weighted by Crippen LogP contribution is -2.41. The van der Waals surface area contributed by atoms with Crippen LogP contribution in [0, 0.1) is 0 Å². The first kappa shape index (κ1) is 13.7. The maximum absolute atomic E-state index is 12.4. The molecular formula is C9H13BrN4O3S. The van der Waals surface area contributed by atoms with Gasteiger partial charge in [-0.15, -0.1) is 0 Å². The summed E-state index contributed by atoms with van der Waals surface area (Å²) in [7, 11) is -3.61. The van der Waals surface area contributed by atoms with Crippen molar-refractivity contribution in [3.8, 4) is 0 Å². The molecule has 1 saturated heterocycles. The van der Waals surface area contributed by atoms with Crippen LogP contribution in [0.3, 0.4) is 0 Å². The SMILES string of the molecule is NNc1ncc(Br)cc1S(=O)(=O)N1CCOCC1. The molecule has 0 atom stereocenters. The number of ether oxygens (including phenoxy) is 1. The zero-order chi connectivity index (χ0) is 13.2. The van der Waals surface area contributed by atoms with Gasteiger partial charge in [-0.3, -0.25) is 0 Å². The normalized spacial score (nSPS) is 17.7. The maximum atomic E-state index is 12.4. The van der Waals surface area contributed by atoms with Crippen molar-refractivity contribution < 1.29 is 13.2 Å². The number of morpholine rings is 1. The van der Waals surface area contributed by atoms with Crippen molar-refractivity contribution >= 4 is 31.8 Å². The number of hydrogen-bond donors (Lipinski definition) is 2. The lowest BCUT2D eigenvalue weighted by molar-refractivity contribution is 0.0730. The highest BCUT2D eigenvalue weighted by Gasteiger charge is 2.29. The van der Waals surface area contributed by atoms with Crippen LogP contribution < -0.4 is 11.3 Å². The molecule has 1 aliphatic heterocycles. The first-order valence-corrected chi connectivity index (χ1v) is 7.49. The molecule has 0 amide bonds. The number of nitrogens with one attached hydrogen (secondary N) is 1. The number of nitrogen functional groups attached to an aromatic ring is 1. The largest absolute Gasteiger partial charge is 0.379 e. The molecule has 0 bridgehead atoms. The van der Waals surface area contributed by atoms with Crippen molar-refractivity contribution in [2.75, 3.05) is 31.7 Å². The lowest BCUT2D eigenvalue weighted by Gasteiger charge is -2.26. The minimum Gasteiger partial charge on any atom is -0.379 e. The Bertz CT molecular complexity index is 531. The first-order valence-electron chi connectivity index (χ1n) is 5.26. The molecule has 2 heterocycles. The molecule has 0 aliphatic carbocycles. The number of anilines is 1. The standard InChI is InChI=1S/C9H13BrN4O3S/c10-7-5-8(9(13-11)12-6-7)18(15,16)14-1-3-17-4-2-14/h5-6H,1-4,11H2,(H,12,13). The molecule has 2 rings (SSSR count). The third kappa shape index (κ3) is 2.64. The number of aromatic nitrogens is 1. The Labute approximate surface area is 113 Å². The van der Waals surface area contributed by atoms with E-state index in [0.717, 1.165) is 0 Å². The smallest absolute Gasteiger partial charge is 0.246 e. The molecule has 0 spiro atoms. The molecule has 1 aliphatic rings. The van der Waals surface area contributed by atoms with Crippen molar-refractivity contribution in [1.29, 1.82) is 0 Å². The molecule has 7 nitrogen and oxygen atoms in total. The number of rotatable bonds is 3. The van der Waals surface area contributed by atoms with E-state index in [9.17, 15) is 8.42 Å². The van der Waals surface area contributed by atoms with Crippen LogP contribution >= 0.6 is 15.9 Å². The van der Waals surface area contributed by atoms with Crippen LogP contribution in [0.15, 0.2) is 21.6 Å². The van der Waals surface area contributed by atoms with Gasteiger partial charge < -0.3 is 10.2 Å². The summed E-state index contributed by atoms with van der Waals surface area (Å²) in [4.78, 5) is 3.99. The minimum atomic E-state index is -3.61. The number of halogens is 1. The second-order valence-electron chi connectivity index (χ2n) is 3.66. The zero-order valence-electron chi connectivity index (χ0n) is 9.47. The summed E-state index contributed by atoms with van der Waals surface area (Å²) in [6, 6.07) is 1.48. The fourth-order valence-corrected chi connectivity index (χ4v) is 3.67. The Morgan fingerprint density at radius 1 is 1.44 bits per heavy atom. The van der Waals surface area contributed by atoms with E-state index in [0.29, 0.717) is 30.8 Å². The third-order valence-electron chi connectivity index (χ3n) is 2.54. The molecule has 0 aromatic carbocycles. The van der Waals surface area contributed by atoms with Crippen molar-refractivity contribution in [2.24, 2.45) is 5.84 Å². The van der Waals surface area contributed by atoms with Crippen molar-refractivity contribution in [3.63, 3.8) is 0 Å².